The molecule has 0 radical (unpaired) electrons. The monoisotopic (exact) mass is 863 g/mol. The molecule has 1 unspecified atom stereocenters. The van der Waals surface area contributed by atoms with Crippen molar-refractivity contribution in [3.8, 4) is 0 Å². The summed E-state index contributed by atoms with van der Waals surface area (Å²) >= 11 is 0. The largest absolute Gasteiger partial charge is 0.469 e. The Bertz CT molecular complexity index is 2200. The van der Waals surface area contributed by atoms with Crippen LogP contribution in [-0.2, 0) is 101 Å². The summed E-state index contributed by atoms with van der Waals surface area (Å²) in [6.45, 7) is 1.99. The van der Waals surface area contributed by atoms with E-state index in [0.717, 1.165) is 12.7 Å². The maximum atomic E-state index is 15.1. The van der Waals surface area contributed by atoms with Gasteiger partial charge in [0.1, 0.15) is 12.3 Å². The van der Waals surface area contributed by atoms with Crippen molar-refractivity contribution in [1.82, 2.24) is 15.3 Å². The van der Waals surface area contributed by atoms with Crippen LogP contribution in [0.5, 0.6) is 0 Å². The molecule has 0 saturated heterocycles. The molecule has 1 aliphatic heterocycles. The number of hydrogen-bond donors (Lipinski definition) is 3. The van der Waals surface area contributed by atoms with Crippen LogP contribution in [0.25, 0.3) is 0 Å². The molecule has 0 bridgehead atoms. The molecule has 1 atom stereocenters. The van der Waals surface area contributed by atoms with E-state index in [2.05, 4.69) is 15.3 Å². The average molecular weight is 864 g/mol. The number of nitrogens with one attached hydrogen (secondary N) is 3. The van der Waals surface area contributed by atoms with Crippen molar-refractivity contribution in [3.05, 3.63) is 92.1 Å². The van der Waals surface area contributed by atoms with Crippen LogP contribution in [0.1, 0.15) is 99.2 Å². The van der Waals surface area contributed by atoms with E-state index in [0.29, 0.717) is 28.9 Å². The summed E-state index contributed by atoms with van der Waals surface area (Å²) in [5.41, 5.74) is 1.68. The SMILES string of the molecule is COC(=O)CCC1=C(CC(=O)OC)C(C)(Cc2[nH]c(C(=O)c3[nH]c(C(=O)OCc4ccccc4)c(CCC(=O)OC)c3CC(=O)OC)c(CCC(=O)OC)c2CC(=O)OC)NC1. The first-order valence-electron chi connectivity index (χ1n) is 19.7. The Morgan fingerprint density at radius 3 is 1.60 bits per heavy atom. The fraction of sp³-hybridized carbons (Fsp3) is 0.455. The van der Waals surface area contributed by atoms with Crippen molar-refractivity contribution >= 4 is 47.6 Å². The van der Waals surface area contributed by atoms with Crippen molar-refractivity contribution in [2.45, 2.75) is 83.3 Å². The van der Waals surface area contributed by atoms with Gasteiger partial charge in [0, 0.05) is 43.5 Å². The molecule has 1 aromatic carbocycles. The molecule has 3 aromatic rings. The van der Waals surface area contributed by atoms with Gasteiger partial charge in [0.2, 0.25) is 5.78 Å². The Kier molecular flexibility index (Phi) is 17.3. The van der Waals surface area contributed by atoms with Crippen molar-refractivity contribution < 1.29 is 71.5 Å². The van der Waals surface area contributed by atoms with E-state index in [9.17, 15) is 33.6 Å². The van der Waals surface area contributed by atoms with Gasteiger partial charge in [-0.2, -0.15) is 0 Å². The van der Waals surface area contributed by atoms with Crippen LogP contribution in [-0.4, -0.2) is 112 Å². The first-order chi connectivity index (χ1) is 29.6. The number of methoxy groups -OCH3 is 6. The van der Waals surface area contributed by atoms with Gasteiger partial charge in [0.15, 0.2) is 0 Å². The lowest BCUT2D eigenvalue weighted by atomic mass is 9.83. The van der Waals surface area contributed by atoms with Gasteiger partial charge in [0.05, 0.1) is 73.3 Å². The van der Waals surface area contributed by atoms with Crippen molar-refractivity contribution in [2.75, 3.05) is 49.2 Å². The first-order valence-corrected chi connectivity index (χ1v) is 19.7. The van der Waals surface area contributed by atoms with Gasteiger partial charge < -0.3 is 48.4 Å². The molecule has 0 saturated carbocycles. The quantitative estimate of drug-likeness (QED) is 0.0568. The van der Waals surface area contributed by atoms with Gasteiger partial charge in [0.25, 0.3) is 0 Å². The van der Waals surface area contributed by atoms with E-state index in [4.69, 9.17) is 33.2 Å². The smallest absolute Gasteiger partial charge is 0.355 e. The minimum Gasteiger partial charge on any atom is -0.469 e. The second-order valence-electron chi connectivity index (χ2n) is 14.6. The molecular formula is C44H53N3O15. The Balaban J connectivity index is 1.96. The molecule has 0 spiro atoms. The maximum absolute atomic E-state index is 15.1. The number of aromatic amines is 2. The molecule has 4 rings (SSSR count). The van der Waals surface area contributed by atoms with Gasteiger partial charge in [-0.1, -0.05) is 35.9 Å². The number of esters is 7. The van der Waals surface area contributed by atoms with Crippen LogP contribution in [0, 0.1) is 0 Å². The highest BCUT2D eigenvalue weighted by molar-refractivity contribution is 6.11. The normalized spacial score (nSPS) is 14.5. The summed E-state index contributed by atoms with van der Waals surface area (Å²) in [6, 6.07) is 8.84. The Labute approximate surface area is 358 Å². The summed E-state index contributed by atoms with van der Waals surface area (Å²) in [7, 11) is 7.29. The van der Waals surface area contributed by atoms with Crippen molar-refractivity contribution in [3.63, 3.8) is 0 Å². The second kappa shape index (κ2) is 22.3. The van der Waals surface area contributed by atoms with E-state index in [-0.39, 0.29) is 98.2 Å². The minimum absolute atomic E-state index is 0.0463. The number of ether oxygens (including phenoxy) is 7. The molecule has 3 N–H and O–H groups in total. The summed E-state index contributed by atoms with van der Waals surface area (Å²) in [4.78, 5) is 111. The highest BCUT2D eigenvalue weighted by Crippen LogP contribution is 2.37. The number of carbonyl (C=O) groups is 8. The molecule has 62 heavy (non-hydrogen) atoms. The predicted molar refractivity (Wildman–Crippen MR) is 218 cm³/mol. The van der Waals surface area contributed by atoms with E-state index in [1.807, 2.05) is 6.92 Å². The standard InChI is InChI=1S/C44H53N3O15/c1-44(31(21-38(53)61-7)26(23-45-44)13-16-33(48)56-2)22-32-29(19-36(51)59-5)27(14-17-34(49)57-3)39(46-32)42(54)40-30(20-37(52)60-6)28(15-18-35(50)58-4)41(47-40)43(55)62-24-25-11-9-8-10-12-25/h8-12,45-47H,13-24H2,1-7H3. The van der Waals surface area contributed by atoms with Crippen LogP contribution in [0.2, 0.25) is 0 Å². The molecule has 2 aromatic heterocycles. The highest BCUT2D eigenvalue weighted by atomic mass is 16.5. The highest BCUT2D eigenvalue weighted by Gasteiger charge is 2.40. The van der Waals surface area contributed by atoms with E-state index in [1.54, 1.807) is 30.3 Å². The molecule has 3 heterocycles. The first kappa shape index (κ1) is 48.1. The zero-order chi connectivity index (χ0) is 45.6. The topological polar surface area (TPSA) is 245 Å². The van der Waals surface area contributed by atoms with Gasteiger partial charge in [-0.05, 0) is 59.6 Å². The number of hydrogen-bond acceptors (Lipinski definition) is 16. The fourth-order valence-electron chi connectivity index (χ4n) is 7.46. The lowest BCUT2D eigenvalue weighted by Gasteiger charge is -2.29. The molecule has 18 heteroatoms. The van der Waals surface area contributed by atoms with Crippen LogP contribution < -0.4 is 5.32 Å². The number of H-pyrrole nitrogens is 2. The van der Waals surface area contributed by atoms with Crippen LogP contribution in [0.4, 0.5) is 0 Å². The molecule has 0 amide bonds. The molecule has 334 valence electrons. The van der Waals surface area contributed by atoms with Crippen LogP contribution >= 0.6 is 0 Å². The summed E-state index contributed by atoms with van der Waals surface area (Å²) in [6.07, 6.45) is -1.32. The molecule has 0 aliphatic carbocycles. The number of benzene rings is 1. The number of rotatable bonds is 22. The second-order valence-corrected chi connectivity index (χ2v) is 14.6. The predicted octanol–water partition coefficient (Wildman–Crippen LogP) is 3.29. The molecule has 0 fully saturated rings. The third kappa shape index (κ3) is 12.0. The third-order valence-electron chi connectivity index (χ3n) is 10.8. The number of ketones is 1. The van der Waals surface area contributed by atoms with Crippen molar-refractivity contribution in [1.29, 1.82) is 0 Å². The van der Waals surface area contributed by atoms with Gasteiger partial charge in [-0.3, -0.25) is 33.6 Å². The molecular weight excluding hydrogens is 810 g/mol. The Morgan fingerprint density at radius 1 is 0.565 bits per heavy atom. The maximum Gasteiger partial charge on any atom is 0.355 e. The van der Waals surface area contributed by atoms with E-state index in [1.165, 1.54) is 35.5 Å². The fourth-order valence-corrected chi connectivity index (χ4v) is 7.46. The average Bonchev–Trinajstić information content (AvgIpc) is 3.92. The Morgan fingerprint density at radius 2 is 1.05 bits per heavy atom. The van der Waals surface area contributed by atoms with Gasteiger partial charge >= 0.3 is 41.8 Å². The lowest BCUT2D eigenvalue weighted by Crippen LogP contribution is -2.42. The summed E-state index contributed by atoms with van der Waals surface area (Å²) in [5.74, 6) is -5.29. The summed E-state index contributed by atoms with van der Waals surface area (Å²) in [5, 5.41) is 3.43. The van der Waals surface area contributed by atoms with Crippen LogP contribution in [0.15, 0.2) is 41.5 Å². The van der Waals surface area contributed by atoms with Crippen molar-refractivity contribution in [2.24, 2.45) is 0 Å². The Hall–Kier alpha value is -6.56. The number of aromatic nitrogens is 2. The van der Waals surface area contributed by atoms with E-state index < -0.39 is 59.5 Å². The van der Waals surface area contributed by atoms with Crippen LogP contribution in [0.3, 0.4) is 0 Å². The molecule has 1 aliphatic rings. The summed E-state index contributed by atoms with van der Waals surface area (Å²) < 4.78 is 35.3. The van der Waals surface area contributed by atoms with Gasteiger partial charge in [-0.25, -0.2) is 4.79 Å². The zero-order valence-corrected chi connectivity index (χ0v) is 36.0. The lowest BCUT2D eigenvalue weighted by molar-refractivity contribution is -0.141. The minimum atomic E-state index is -1.01. The zero-order valence-electron chi connectivity index (χ0n) is 36.0. The third-order valence-corrected chi connectivity index (χ3v) is 10.8. The van der Waals surface area contributed by atoms with Gasteiger partial charge in [-0.15, -0.1) is 0 Å². The molecule has 18 nitrogen and oxygen atoms in total. The number of carbonyl (C=O) groups excluding carboxylic acids is 8. The van der Waals surface area contributed by atoms with E-state index >= 15 is 4.79 Å².